The zero-order chi connectivity index (χ0) is 13.8. The maximum atomic E-state index is 10.3. The van der Waals surface area contributed by atoms with Gasteiger partial charge < -0.3 is 4.90 Å². The summed E-state index contributed by atoms with van der Waals surface area (Å²) in [6, 6.07) is 0. The Bertz CT molecular complexity index is 360. The number of β-lactam (4-membered cyclic amide) rings is 1. The van der Waals surface area contributed by atoms with Crippen molar-refractivity contribution < 1.29 is 4.79 Å². The van der Waals surface area contributed by atoms with Crippen LogP contribution in [0, 0.1) is 23.7 Å². The zero-order valence-electron chi connectivity index (χ0n) is 12.3. The van der Waals surface area contributed by atoms with Crippen LogP contribution in [-0.4, -0.2) is 17.4 Å². The molecule has 3 fully saturated rings. The molecule has 1 heterocycles. The van der Waals surface area contributed by atoms with E-state index in [1.54, 1.807) is 23.9 Å². The Kier molecular flexibility index (Phi) is 4.84. The molecule has 4 rings (SSSR count). The number of fused-ring (bicyclic) bond motifs is 5. The van der Waals surface area contributed by atoms with E-state index in [-0.39, 0.29) is 5.91 Å². The normalized spacial score (nSPS) is 36.7. The third kappa shape index (κ3) is 2.77. The van der Waals surface area contributed by atoms with Gasteiger partial charge in [0.25, 0.3) is 0 Å². The van der Waals surface area contributed by atoms with Gasteiger partial charge in [-0.05, 0) is 55.6 Å². The summed E-state index contributed by atoms with van der Waals surface area (Å²) in [5.41, 5.74) is 0. The van der Waals surface area contributed by atoms with E-state index in [9.17, 15) is 4.79 Å². The Hall–Kier alpha value is -1.05. The first-order chi connectivity index (χ1) is 9.29. The van der Waals surface area contributed by atoms with E-state index in [2.05, 4.69) is 18.7 Å². The predicted molar refractivity (Wildman–Crippen MR) is 79.4 cm³/mol. The number of allylic oxidation sites excluding steroid dienone is 2. The zero-order valence-corrected chi connectivity index (χ0v) is 12.3. The SMILES string of the molecule is C1=CC2C3CCC(C3)C2C1.C=CN1CCC1=O.CC. The fourth-order valence-corrected chi connectivity index (χ4v) is 4.02. The molecule has 0 aromatic rings. The first-order valence-corrected chi connectivity index (χ1v) is 7.88. The number of carbonyl (C=O) groups excluding carboxylic acids is 1. The third-order valence-corrected chi connectivity index (χ3v) is 5.03. The van der Waals surface area contributed by atoms with Crippen LogP contribution in [-0.2, 0) is 4.79 Å². The van der Waals surface area contributed by atoms with Crippen LogP contribution in [0.2, 0.25) is 0 Å². The summed E-state index contributed by atoms with van der Waals surface area (Å²) in [7, 11) is 0. The van der Waals surface area contributed by atoms with Crippen molar-refractivity contribution in [1.82, 2.24) is 4.90 Å². The molecule has 2 bridgehead atoms. The molecule has 1 amide bonds. The van der Waals surface area contributed by atoms with Gasteiger partial charge in [-0.1, -0.05) is 32.6 Å². The minimum atomic E-state index is 0.190. The van der Waals surface area contributed by atoms with E-state index >= 15 is 0 Å². The average molecular weight is 261 g/mol. The number of rotatable bonds is 1. The van der Waals surface area contributed by atoms with E-state index in [4.69, 9.17) is 0 Å². The highest BCUT2D eigenvalue weighted by molar-refractivity contribution is 5.82. The molecule has 106 valence electrons. The molecule has 0 N–H and O–H groups in total. The van der Waals surface area contributed by atoms with Crippen LogP contribution in [0.1, 0.15) is 46.0 Å². The molecule has 0 radical (unpaired) electrons. The molecule has 4 atom stereocenters. The summed E-state index contributed by atoms with van der Waals surface area (Å²) < 4.78 is 0. The number of nitrogens with zero attached hydrogens (tertiary/aromatic N) is 1. The monoisotopic (exact) mass is 261 g/mol. The average Bonchev–Trinajstić information content (AvgIpc) is 3.14. The largest absolute Gasteiger partial charge is 0.319 e. The van der Waals surface area contributed by atoms with Crippen LogP contribution in [0.5, 0.6) is 0 Å². The number of hydrogen-bond acceptors (Lipinski definition) is 1. The first-order valence-electron chi connectivity index (χ1n) is 7.88. The van der Waals surface area contributed by atoms with E-state index in [1.165, 1.54) is 12.8 Å². The quantitative estimate of drug-likeness (QED) is 0.516. The predicted octanol–water partition coefficient (Wildman–Crippen LogP) is 4.00. The molecule has 0 aromatic carbocycles. The standard InChI is InChI=1S/C10H14.C5H7NO.C2H6/c1-2-9-7-4-5-8(6-7)10(9)3-1;1-2-6-4-3-5(6)7;1-2/h1-2,7-10H,3-6H2;2H,1,3-4H2;1-2H3. The van der Waals surface area contributed by atoms with E-state index in [0.717, 1.165) is 30.2 Å². The highest BCUT2D eigenvalue weighted by Crippen LogP contribution is 2.56. The van der Waals surface area contributed by atoms with E-state index in [0.29, 0.717) is 6.42 Å². The van der Waals surface area contributed by atoms with Crippen LogP contribution >= 0.6 is 0 Å². The summed E-state index contributed by atoms with van der Waals surface area (Å²) in [6.07, 6.45) is 13.2. The third-order valence-electron chi connectivity index (χ3n) is 5.03. The van der Waals surface area contributed by atoms with Crippen molar-refractivity contribution in [1.29, 1.82) is 0 Å². The van der Waals surface area contributed by atoms with Crippen LogP contribution in [0.25, 0.3) is 0 Å². The smallest absolute Gasteiger partial charge is 0.228 e. The van der Waals surface area contributed by atoms with Gasteiger partial charge >= 0.3 is 0 Å². The Morgan fingerprint density at radius 3 is 2.53 bits per heavy atom. The van der Waals surface area contributed by atoms with E-state index < -0.39 is 0 Å². The van der Waals surface area contributed by atoms with Gasteiger partial charge in [-0.15, -0.1) is 0 Å². The molecule has 2 heteroatoms. The van der Waals surface area contributed by atoms with Crippen molar-refractivity contribution in [3.05, 3.63) is 24.9 Å². The molecule has 19 heavy (non-hydrogen) atoms. The van der Waals surface area contributed by atoms with Gasteiger partial charge in [-0.25, -0.2) is 0 Å². The number of amides is 1. The maximum Gasteiger partial charge on any atom is 0.228 e. The van der Waals surface area contributed by atoms with Gasteiger partial charge in [0.1, 0.15) is 0 Å². The minimum absolute atomic E-state index is 0.190. The van der Waals surface area contributed by atoms with Gasteiger partial charge in [0.2, 0.25) is 5.91 Å². The van der Waals surface area contributed by atoms with Gasteiger partial charge in [-0.3, -0.25) is 4.79 Å². The molecule has 0 aromatic heterocycles. The van der Waals surface area contributed by atoms with E-state index in [1.807, 2.05) is 13.8 Å². The lowest BCUT2D eigenvalue weighted by Gasteiger charge is -2.25. The molecular formula is C17H27NO. The van der Waals surface area contributed by atoms with Gasteiger partial charge in [0.15, 0.2) is 0 Å². The summed E-state index contributed by atoms with van der Waals surface area (Å²) in [6.45, 7) is 8.30. The summed E-state index contributed by atoms with van der Waals surface area (Å²) in [4.78, 5) is 11.9. The second-order valence-electron chi connectivity index (χ2n) is 5.76. The lowest BCUT2D eigenvalue weighted by molar-refractivity contribution is -0.135. The van der Waals surface area contributed by atoms with Crippen molar-refractivity contribution in [2.45, 2.75) is 46.0 Å². The Balaban J connectivity index is 0.000000132. The molecule has 2 saturated carbocycles. The highest BCUT2D eigenvalue weighted by atomic mass is 16.2. The topological polar surface area (TPSA) is 20.3 Å². The molecular weight excluding hydrogens is 234 g/mol. The van der Waals surface area contributed by atoms with Crippen molar-refractivity contribution in [2.75, 3.05) is 6.54 Å². The summed E-state index contributed by atoms with van der Waals surface area (Å²) in [5, 5.41) is 0. The Morgan fingerprint density at radius 1 is 1.32 bits per heavy atom. The number of hydrogen-bond donors (Lipinski definition) is 0. The number of carbonyl (C=O) groups is 1. The Labute approximate surface area is 117 Å². The first kappa shape index (κ1) is 14.4. The highest BCUT2D eigenvalue weighted by Gasteiger charge is 2.47. The van der Waals surface area contributed by atoms with Crippen LogP contribution in [0.15, 0.2) is 24.9 Å². The lowest BCUT2D eigenvalue weighted by Crippen LogP contribution is -2.38. The van der Waals surface area contributed by atoms with Crippen molar-refractivity contribution >= 4 is 5.91 Å². The maximum absolute atomic E-state index is 10.3. The van der Waals surface area contributed by atoms with Crippen LogP contribution < -0.4 is 0 Å². The van der Waals surface area contributed by atoms with Crippen LogP contribution in [0.4, 0.5) is 0 Å². The fraction of sp³-hybridized carbons (Fsp3) is 0.706. The minimum Gasteiger partial charge on any atom is -0.319 e. The molecule has 2 nitrogen and oxygen atoms in total. The molecule has 3 aliphatic carbocycles. The van der Waals surface area contributed by atoms with Crippen molar-refractivity contribution in [3.63, 3.8) is 0 Å². The second-order valence-corrected chi connectivity index (χ2v) is 5.76. The summed E-state index contributed by atoms with van der Waals surface area (Å²) >= 11 is 0. The second kappa shape index (κ2) is 6.40. The summed E-state index contributed by atoms with van der Waals surface area (Å²) in [5.74, 6) is 4.55. The molecule has 4 aliphatic rings. The number of likely N-dealkylation sites (tertiary alicyclic amines) is 1. The van der Waals surface area contributed by atoms with Gasteiger partial charge in [-0.2, -0.15) is 0 Å². The Morgan fingerprint density at radius 2 is 2.05 bits per heavy atom. The molecule has 4 unspecified atom stereocenters. The van der Waals surface area contributed by atoms with Crippen LogP contribution in [0.3, 0.4) is 0 Å². The van der Waals surface area contributed by atoms with Gasteiger partial charge in [0, 0.05) is 13.0 Å². The molecule has 1 saturated heterocycles. The van der Waals surface area contributed by atoms with Crippen molar-refractivity contribution in [2.24, 2.45) is 23.7 Å². The molecule has 1 aliphatic heterocycles. The molecule has 0 spiro atoms. The fourth-order valence-electron chi connectivity index (χ4n) is 4.02. The lowest BCUT2D eigenvalue weighted by atomic mass is 9.82. The van der Waals surface area contributed by atoms with Gasteiger partial charge in [0.05, 0.1) is 0 Å². The van der Waals surface area contributed by atoms with Crippen molar-refractivity contribution in [3.8, 4) is 0 Å².